The summed E-state index contributed by atoms with van der Waals surface area (Å²) in [7, 11) is 0. The summed E-state index contributed by atoms with van der Waals surface area (Å²) in [5.74, 6) is 1.47. The van der Waals surface area contributed by atoms with Gasteiger partial charge in [-0.05, 0) is 42.6 Å². The van der Waals surface area contributed by atoms with E-state index in [9.17, 15) is 5.11 Å². The molecule has 1 aromatic heterocycles. The van der Waals surface area contributed by atoms with Crippen molar-refractivity contribution in [3.8, 4) is 0 Å². The van der Waals surface area contributed by atoms with Gasteiger partial charge >= 0.3 is 0 Å². The fourth-order valence-electron chi connectivity index (χ4n) is 2.22. The smallest absolute Gasteiger partial charge is 0.224 e. The van der Waals surface area contributed by atoms with Crippen LogP contribution in [0.1, 0.15) is 26.7 Å². The monoisotopic (exact) mass is 314 g/mol. The number of β-amino-alcohol motifs (C(OH)–C–C–N with tert-alkyl or cyclic N) is 1. The van der Waals surface area contributed by atoms with Gasteiger partial charge in [0.05, 0.1) is 10.1 Å². The Balaban J connectivity index is 2.23. The van der Waals surface area contributed by atoms with Crippen molar-refractivity contribution in [2.75, 3.05) is 29.9 Å². The number of anilines is 2. The molecule has 6 heteroatoms. The Morgan fingerprint density at radius 3 is 3.06 bits per heavy atom. The lowest BCUT2D eigenvalue weighted by molar-refractivity contribution is 0.0446. The van der Waals surface area contributed by atoms with Gasteiger partial charge in [0.15, 0.2) is 0 Å². The molecule has 0 saturated carbocycles. The van der Waals surface area contributed by atoms with Crippen LogP contribution in [0, 0.1) is 0 Å². The van der Waals surface area contributed by atoms with Crippen LogP contribution in [0.5, 0.6) is 0 Å². The second-order valence-corrected chi connectivity index (χ2v) is 5.77. The normalized spacial score (nSPS) is 24.1. The minimum atomic E-state index is -0.638. The zero-order valence-corrected chi connectivity index (χ0v) is 12.4. The highest BCUT2D eigenvalue weighted by Crippen LogP contribution is 2.29. The Morgan fingerprint density at radius 2 is 2.39 bits per heavy atom. The average molecular weight is 315 g/mol. The van der Waals surface area contributed by atoms with Gasteiger partial charge in [-0.15, -0.1) is 0 Å². The first-order valence-corrected chi connectivity index (χ1v) is 7.05. The zero-order chi connectivity index (χ0) is 13.2. The van der Waals surface area contributed by atoms with E-state index in [-0.39, 0.29) is 0 Å². The molecule has 0 aromatic carbocycles. The Hall–Kier alpha value is -0.880. The van der Waals surface area contributed by atoms with Crippen LogP contribution in [-0.4, -0.2) is 40.3 Å². The van der Waals surface area contributed by atoms with Crippen LogP contribution in [0.3, 0.4) is 0 Å². The minimum absolute atomic E-state index is 0.605. The van der Waals surface area contributed by atoms with Gasteiger partial charge in [-0.1, -0.05) is 0 Å². The average Bonchev–Trinajstić information content (AvgIpc) is 2.30. The number of aliphatic hydroxyl groups is 1. The summed E-state index contributed by atoms with van der Waals surface area (Å²) in [6.45, 7) is 6.19. The summed E-state index contributed by atoms with van der Waals surface area (Å²) in [5, 5.41) is 13.3. The van der Waals surface area contributed by atoms with Crippen molar-refractivity contribution in [2.24, 2.45) is 0 Å². The van der Waals surface area contributed by atoms with Crippen molar-refractivity contribution in [1.29, 1.82) is 0 Å². The van der Waals surface area contributed by atoms with Crippen molar-refractivity contribution in [1.82, 2.24) is 9.97 Å². The molecular weight excluding hydrogens is 296 g/mol. The van der Waals surface area contributed by atoms with E-state index >= 15 is 0 Å². The quantitative estimate of drug-likeness (QED) is 0.894. The number of aromatic nitrogens is 2. The van der Waals surface area contributed by atoms with E-state index < -0.39 is 5.60 Å². The number of nitrogens with one attached hydrogen (secondary N) is 1. The highest BCUT2D eigenvalue weighted by Gasteiger charge is 2.30. The molecule has 0 amide bonds. The summed E-state index contributed by atoms with van der Waals surface area (Å²) in [6, 6.07) is 0. The maximum absolute atomic E-state index is 10.2. The molecule has 2 N–H and O–H groups in total. The fourth-order valence-corrected chi connectivity index (χ4v) is 2.67. The number of rotatable bonds is 3. The minimum Gasteiger partial charge on any atom is -0.388 e. The standard InChI is InChI=1S/C12H19BrN4O/c1-3-14-11-15-7-9(13)10(16-11)17-6-4-5-12(2,18)8-17/h7,18H,3-6,8H2,1-2H3,(H,14,15,16). The zero-order valence-electron chi connectivity index (χ0n) is 10.8. The molecule has 1 aliphatic heterocycles. The summed E-state index contributed by atoms with van der Waals surface area (Å²) in [5.41, 5.74) is -0.638. The van der Waals surface area contributed by atoms with E-state index in [1.807, 2.05) is 13.8 Å². The largest absolute Gasteiger partial charge is 0.388 e. The number of piperidine rings is 1. The van der Waals surface area contributed by atoms with Crippen LogP contribution in [0.25, 0.3) is 0 Å². The highest BCUT2D eigenvalue weighted by atomic mass is 79.9. The van der Waals surface area contributed by atoms with Crippen LogP contribution in [0.4, 0.5) is 11.8 Å². The SMILES string of the molecule is CCNc1ncc(Br)c(N2CCCC(C)(O)C2)n1. The van der Waals surface area contributed by atoms with Crippen molar-refractivity contribution >= 4 is 27.7 Å². The van der Waals surface area contributed by atoms with Crippen molar-refractivity contribution in [2.45, 2.75) is 32.3 Å². The Labute approximate surface area is 116 Å². The first kappa shape index (κ1) is 13.5. The molecule has 0 aliphatic carbocycles. The third-order valence-electron chi connectivity index (χ3n) is 3.03. The molecule has 0 bridgehead atoms. The molecule has 2 rings (SSSR count). The lowest BCUT2D eigenvalue weighted by Gasteiger charge is -2.37. The third kappa shape index (κ3) is 3.11. The number of hydrogen-bond acceptors (Lipinski definition) is 5. The molecule has 1 atom stereocenters. The van der Waals surface area contributed by atoms with E-state index in [0.29, 0.717) is 12.5 Å². The lowest BCUT2D eigenvalue weighted by Crippen LogP contribution is -2.46. The Kier molecular flexibility index (Phi) is 4.07. The summed E-state index contributed by atoms with van der Waals surface area (Å²) in [6.07, 6.45) is 3.57. The lowest BCUT2D eigenvalue weighted by atomic mass is 9.95. The molecule has 2 heterocycles. The molecule has 5 nitrogen and oxygen atoms in total. The van der Waals surface area contributed by atoms with Crippen LogP contribution in [0.15, 0.2) is 10.7 Å². The van der Waals surface area contributed by atoms with Gasteiger partial charge in [0.25, 0.3) is 0 Å². The molecule has 0 spiro atoms. The molecule has 1 unspecified atom stereocenters. The van der Waals surface area contributed by atoms with Crippen molar-refractivity contribution in [3.05, 3.63) is 10.7 Å². The fraction of sp³-hybridized carbons (Fsp3) is 0.667. The van der Waals surface area contributed by atoms with Crippen molar-refractivity contribution in [3.63, 3.8) is 0 Å². The van der Waals surface area contributed by atoms with E-state index in [1.54, 1.807) is 6.20 Å². The molecule has 1 aromatic rings. The second kappa shape index (κ2) is 5.40. The van der Waals surface area contributed by atoms with Gasteiger partial charge in [0, 0.05) is 25.8 Å². The van der Waals surface area contributed by atoms with E-state index in [0.717, 1.165) is 36.2 Å². The van der Waals surface area contributed by atoms with Gasteiger partial charge < -0.3 is 15.3 Å². The first-order chi connectivity index (χ1) is 8.52. The summed E-state index contributed by atoms with van der Waals surface area (Å²) >= 11 is 3.48. The summed E-state index contributed by atoms with van der Waals surface area (Å²) in [4.78, 5) is 10.8. The molecule has 1 fully saturated rings. The molecule has 1 aliphatic rings. The Bertz CT molecular complexity index is 425. The molecule has 1 saturated heterocycles. The van der Waals surface area contributed by atoms with E-state index in [1.165, 1.54) is 0 Å². The van der Waals surface area contributed by atoms with E-state index in [4.69, 9.17) is 0 Å². The predicted molar refractivity (Wildman–Crippen MR) is 76.0 cm³/mol. The van der Waals surface area contributed by atoms with Gasteiger partial charge in [-0.25, -0.2) is 4.98 Å². The van der Waals surface area contributed by atoms with Gasteiger partial charge in [0.1, 0.15) is 5.82 Å². The molecule has 100 valence electrons. The number of halogens is 1. The topological polar surface area (TPSA) is 61.3 Å². The summed E-state index contributed by atoms with van der Waals surface area (Å²) < 4.78 is 0.863. The van der Waals surface area contributed by atoms with Crippen molar-refractivity contribution < 1.29 is 5.11 Å². The number of hydrogen-bond donors (Lipinski definition) is 2. The molecular formula is C12H19BrN4O. The van der Waals surface area contributed by atoms with Crippen LogP contribution in [-0.2, 0) is 0 Å². The predicted octanol–water partition coefficient (Wildman–Crippen LogP) is 2.02. The second-order valence-electron chi connectivity index (χ2n) is 4.92. The van der Waals surface area contributed by atoms with Crippen LogP contribution < -0.4 is 10.2 Å². The molecule has 0 radical (unpaired) electrons. The van der Waals surface area contributed by atoms with Gasteiger partial charge in [0.2, 0.25) is 5.95 Å². The first-order valence-electron chi connectivity index (χ1n) is 6.25. The third-order valence-corrected chi connectivity index (χ3v) is 3.59. The van der Waals surface area contributed by atoms with Crippen LogP contribution in [0.2, 0.25) is 0 Å². The highest BCUT2D eigenvalue weighted by molar-refractivity contribution is 9.10. The van der Waals surface area contributed by atoms with Gasteiger partial charge in [-0.2, -0.15) is 4.98 Å². The number of nitrogens with zero attached hydrogens (tertiary/aromatic N) is 3. The molecule has 18 heavy (non-hydrogen) atoms. The maximum Gasteiger partial charge on any atom is 0.224 e. The maximum atomic E-state index is 10.2. The van der Waals surface area contributed by atoms with E-state index in [2.05, 4.69) is 36.1 Å². The van der Waals surface area contributed by atoms with Gasteiger partial charge in [-0.3, -0.25) is 0 Å². The van der Waals surface area contributed by atoms with Crippen LogP contribution >= 0.6 is 15.9 Å². The Morgan fingerprint density at radius 1 is 1.61 bits per heavy atom.